The van der Waals surface area contributed by atoms with Crippen molar-refractivity contribution in [2.45, 2.75) is 13.3 Å². The van der Waals surface area contributed by atoms with Gasteiger partial charge in [0.05, 0.1) is 15.7 Å². The lowest BCUT2D eigenvalue weighted by molar-refractivity contribution is -0.384. The molecule has 162 valence electrons. The molecule has 1 aliphatic heterocycles. The van der Waals surface area contributed by atoms with Crippen molar-refractivity contribution in [3.8, 4) is 0 Å². The van der Waals surface area contributed by atoms with E-state index in [0.29, 0.717) is 29.6 Å². The van der Waals surface area contributed by atoms with Crippen molar-refractivity contribution in [3.05, 3.63) is 56.7 Å². The van der Waals surface area contributed by atoms with Crippen molar-refractivity contribution < 1.29 is 14.1 Å². The van der Waals surface area contributed by atoms with Crippen molar-refractivity contribution in [3.63, 3.8) is 0 Å². The van der Waals surface area contributed by atoms with Gasteiger partial charge in [0.15, 0.2) is 0 Å². The molecule has 2 heterocycles. The van der Waals surface area contributed by atoms with Crippen LogP contribution in [0.5, 0.6) is 0 Å². The Morgan fingerprint density at radius 1 is 1.06 bits per heavy atom. The molecule has 1 N–H and O–H groups in total. The maximum absolute atomic E-state index is 12.7. The lowest BCUT2D eigenvalue weighted by Crippen LogP contribution is -2.46. The van der Waals surface area contributed by atoms with E-state index in [9.17, 15) is 19.7 Å². The maximum atomic E-state index is 12.7. The van der Waals surface area contributed by atoms with Crippen LogP contribution >= 0.6 is 0 Å². The molecule has 1 aromatic heterocycles. The number of nitrogens with zero attached hydrogens (tertiary/aromatic N) is 3. The van der Waals surface area contributed by atoms with E-state index in [1.54, 1.807) is 18.2 Å². The predicted molar refractivity (Wildman–Crippen MR) is 118 cm³/mol. The summed E-state index contributed by atoms with van der Waals surface area (Å²) in [6, 6.07) is 8.74. The van der Waals surface area contributed by atoms with Gasteiger partial charge in [-0.1, -0.05) is 6.92 Å². The van der Waals surface area contributed by atoms with Crippen LogP contribution in [0.3, 0.4) is 0 Å². The summed E-state index contributed by atoms with van der Waals surface area (Å²) in [6.07, 6.45) is 0.384. The standard InChI is InChI=1S/C22H24N4O5/c1-2-24-9-11-25(12-10-24)8-7-21(27)23-15-3-5-17-20(13-15)31-19-6-4-16(26(29)30)14-18(19)22(17)28/h3-6,13-14H,2,7-12H2,1H3,(H,23,27). The lowest BCUT2D eigenvalue weighted by Gasteiger charge is -2.33. The zero-order chi connectivity index (χ0) is 22.0. The topological polar surface area (TPSA) is 109 Å². The number of non-ortho nitro benzene ring substituents is 1. The number of fused-ring (bicyclic) bond motifs is 2. The Morgan fingerprint density at radius 3 is 2.52 bits per heavy atom. The van der Waals surface area contributed by atoms with Crippen LogP contribution in [0.25, 0.3) is 21.9 Å². The minimum absolute atomic E-state index is 0.101. The molecule has 9 nitrogen and oxygen atoms in total. The Kier molecular flexibility index (Phi) is 5.97. The molecule has 2 aromatic carbocycles. The number of amides is 1. The number of carbonyl (C=O) groups excluding carboxylic acids is 1. The second-order valence-electron chi connectivity index (χ2n) is 7.65. The number of nitro groups is 1. The fourth-order valence-electron chi connectivity index (χ4n) is 3.85. The van der Waals surface area contributed by atoms with E-state index in [1.165, 1.54) is 18.2 Å². The van der Waals surface area contributed by atoms with E-state index in [2.05, 4.69) is 22.0 Å². The second-order valence-corrected chi connectivity index (χ2v) is 7.65. The van der Waals surface area contributed by atoms with Gasteiger partial charge in [-0.25, -0.2) is 0 Å². The van der Waals surface area contributed by atoms with Crippen LogP contribution in [0, 0.1) is 10.1 Å². The summed E-state index contributed by atoms with van der Waals surface area (Å²) in [5, 5.41) is 14.3. The van der Waals surface area contributed by atoms with Crippen LogP contribution in [0.2, 0.25) is 0 Å². The van der Waals surface area contributed by atoms with Gasteiger partial charge < -0.3 is 19.5 Å². The van der Waals surface area contributed by atoms with Gasteiger partial charge in [0.1, 0.15) is 11.2 Å². The number of hydrogen-bond acceptors (Lipinski definition) is 7. The lowest BCUT2D eigenvalue weighted by atomic mass is 10.1. The maximum Gasteiger partial charge on any atom is 0.270 e. The summed E-state index contributed by atoms with van der Waals surface area (Å²) in [5.74, 6) is -0.101. The van der Waals surface area contributed by atoms with E-state index in [4.69, 9.17) is 4.42 Å². The molecule has 0 aliphatic carbocycles. The normalized spacial score (nSPS) is 15.4. The molecule has 9 heteroatoms. The van der Waals surface area contributed by atoms with Gasteiger partial charge in [0, 0.05) is 63.0 Å². The summed E-state index contributed by atoms with van der Waals surface area (Å²) in [7, 11) is 0. The minimum atomic E-state index is -0.550. The number of hydrogen-bond donors (Lipinski definition) is 1. The highest BCUT2D eigenvalue weighted by Crippen LogP contribution is 2.24. The van der Waals surface area contributed by atoms with Crippen LogP contribution in [0.15, 0.2) is 45.6 Å². The van der Waals surface area contributed by atoms with Gasteiger partial charge in [0.2, 0.25) is 11.3 Å². The first kappa shape index (κ1) is 21.0. The van der Waals surface area contributed by atoms with Gasteiger partial charge >= 0.3 is 0 Å². The largest absolute Gasteiger partial charge is 0.456 e. The van der Waals surface area contributed by atoms with Gasteiger partial charge in [-0.15, -0.1) is 0 Å². The molecule has 1 fully saturated rings. The van der Waals surface area contributed by atoms with Gasteiger partial charge in [-0.3, -0.25) is 19.7 Å². The van der Waals surface area contributed by atoms with Crippen LogP contribution in [0.1, 0.15) is 13.3 Å². The molecule has 0 spiro atoms. The van der Waals surface area contributed by atoms with Crippen LogP contribution in [0.4, 0.5) is 11.4 Å². The quantitative estimate of drug-likeness (QED) is 0.368. The molecule has 3 aromatic rings. The fourth-order valence-corrected chi connectivity index (χ4v) is 3.85. The van der Waals surface area contributed by atoms with Gasteiger partial charge in [-0.2, -0.15) is 0 Å². The molecular formula is C22H24N4O5. The first-order valence-corrected chi connectivity index (χ1v) is 10.3. The number of nitro benzene ring substituents is 1. The number of piperazine rings is 1. The molecule has 1 aliphatic rings. The average Bonchev–Trinajstić information content (AvgIpc) is 2.77. The SMILES string of the molecule is CCN1CCN(CCC(=O)Nc2ccc3c(=O)c4cc([N+](=O)[O-])ccc4oc3c2)CC1. The summed E-state index contributed by atoms with van der Waals surface area (Å²) >= 11 is 0. The Morgan fingerprint density at radius 2 is 1.81 bits per heavy atom. The van der Waals surface area contributed by atoms with Crippen molar-refractivity contribution in [2.75, 3.05) is 44.6 Å². The third kappa shape index (κ3) is 4.57. The van der Waals surface area contributed by atoms with E-state index >= 15 is 0 Å². The van der Waals surface area contributed by atoms with Crippen LogP contribution in [-0.2, 0) is 4.79 Å². The van der Waals surface area contributed by atoms with Crippen molar-refractivity contribution >= 4 is 39.2 Å². The third-order valence-electron chi connectivity index (χ3n) is 5.72. The number of carbonyl (C=O) groups is 1. The van der Waals surface area contributed by atoms with E-state index in [1.807, 2.05) is 0 Å². The van der Waals surface area contributed by atoms with Crippen molar-refractivity contribution in [1.82, 2.24) is 9.80 Å². The molecule has 0 atom stereocenters. The molecule has 0 saturated carbocycles. The van der Waals surface area contributed by atoms with E-state index in [-0.39, 0.29) is 28.0 Å². The van der Waals surface area contributed by atoms with Crippen molar-refractivity contribution in [2.24, 2.45) is 0 Å². The fraction of sp³-hybridized carbons (Fsp3) is 0.364. The first-order chi connectivity index (χ1) is 14.9. The Hall–Kier alpha value is -3.30. The molecule has 1 amide bonds. The van der Waals surface area contributed by atoms with Crippen molar-refractivity contribution in [1.29, 1.82) is 0 Å². The number of benzene rings is 2. The minimum Gasteiger partial charge on any atom is -0.456 e. The predicted octanol–water partition coefficient (Wildman–Crippen LogP) is 2.82. The third-order valence-corrected chi connectivity index (χ3v) is 5.72. The molecule has 0 bridgehead atoms. The molecule has 0 radical (unpaired) electrons. The highest BCUT2D eigenvalue weighted by atomic mass is 16.6. The Balaban J connectivity index is 1.47. The molecule has 1 saturated heterocycles. The highest BCUT2D eigenvalue weighted by Gasteiger charge is 2.17. The molecule has 0 unspecified atom stereocenters. The summed E-state index contributed by atoms with van der Waals surface area (Å²) in [6.45, 7) is 7.90. The van der Waals surface area contributed by atoms with E-state index in [0.717, 1.165) is 32.7 Å². The second kappa shape index (κ2) is 8.83. The Bertz CT molecular complexity index is 1200. The average molecular weight is 424 g/mol. The zero-order valence-corrected chi connectivity index (χ0v) is 17.3. The molecular weight excluding hydrogens is 400 g/mol. The monoisotopic (exact) mass is 424 g/mol. The zero-order valence-electron chi connectivity index (χ0n) is 17.3. The van der Waals surface area contributed by atoms with Gasteiger partial charge in [-0.05, 0) is 24.7 Å². The Labute approximate surface area is 178 Å². The van der Waals surface area contributed by atoms with Gasteiger partial charge in [0.25, 0.3) is 5.69 Å². The number of likely N-dealkylation sites (N-methyl/N-ethyl adjacent to an activating group) is 1. The summed E-state index contributed by atoms with van der Waals surface area (Å²) in [4.78, 5) is 40.2. The number of anilines is 1. The summed E-state index contributed by atoms with van der Waals surface area (Å²) < 4.78 is 5.77. The first-order valence-electron chi connectivity index (χ1n) is 10.3. The van der Waals surface area contributed by atoms with Crippen LogP contribution < -0.4 is 10.7 Å². The molecule has 31 heavy (non-hydrogen) atoms. The summed E-state index contributed by atoms with van der Waals surface area (Å²) in [5.41, 5.74) is 0.610. The van der Waals surface area contributed by atoms with Crippen LogP contribution in [-0.4, -0.2) is 59.9 Å². The number of rotatable bonds is 6. The number of nitrogens with one attached hydrogen (secondary N) is 1. The highest BCUT2D eigenvalue weighted by molar-refractivity contribution is 5.95. The molecule has 4 rings (SSSR count). The smallest absolute Gasteiger partial charge is 0.270 e. The van der Waals surface area contributed by atoms with E-state index < -0.39 is 4.92 Å².